The molecule has 3 atom stereocenters. The Balaban J connectivity index is 2.10. The standard InChI is InChI=1S/C9H17N/c1-7-8-3-2-4-9(7,5-8)6-10/h7-8H,2-6,10H2,1H3. The second-order valence-corrected chi connectivity index (χ2v) is 4.21. The predicted molar refractivity (Wildman–Crippen MR) is 42.6 cm³/mol. The van der Waals surface area contributed by atoms with Crippen molar-refractivity contribution in [2.45, 2.75) is 32.6 Å². The Morgan fingerprint density at radius 2 is 2.40 bits per heavy atom. The molecular formula is C9H17N. The molecule has 3 unspecified atom stereocenters. The fourth-order valence-electron chi connectivity index (χ4n) is 2.99. The van der Waals surface area contributed by atoms with Gasteiger partial charge in [0.05, 0.1) is 0 Å². The minimum atomic E-state index is 0.600. The van der Waals surface area contributed by atoms with Crippen molar-refractivity contribution in [2.75, 3.05) is 6.54 Å². The van der Waals surface area contributed by atoms with Crippen LogP contribution in [0, 0.1) is 17.3 Å². The minimum absolute atomic E-state index is 0.600. The van der Waals surface area contributed by atoms with Gasteiger partial charge in [0.1, 0.15) is 0 Å². The van der Waals surface area contributed by atoms with Crippen LogP contribution < -0.4 is 5.73 Å². The fraction of sp³-hybridized carbons (Fsp3) is 1.00. The van der Waals surface area contributed by atoms with Crippen molar-refractivity contribution in [3.05, 3.63) is 0 Å². The van der Waals surface area contributed by atoms with E-state index in [-0.39, 0.29) is 0 Å². The van der Waals surface area contributed by atoms with E-state index in [2.05, 4.69) is 6.92 Å². The van der Waals surface area contributed by atoms with E-state index in [1.807, 2.05) is 0 Å². The molecule has 2 bridgehead atoms. The maximum Gasteiger partial charge on any atom is -0.00178 e. The summed E-state index contributed by atoms with van der Waals surface area (Å²) in [5.41, 5.74) is 6.37. The summed E-state index contributed by atoms with van der Waals surface area (Å²) in [5, 5.41) is 0. The van der Waals surface area contributed by atoms with Gasteiger partial charge < -0.3 is 5.73 Å². The van der Waals surface area contributed by atoms with E-state index in [4.69, 9.17) is 5.73 Å². The van der Waals surface area contributed by atoms with Crippen molar-refractivity contribution in [1.82, 2.24) is 0 Å². The first-order valence-electron chi connectivity index (χ1n) is 4.48. The average Bonchev–Trinajstić information content (AvgIpc) is 2.04. The Labute approximate surface area is 63.0 Å². The van der Waals surface area contributed by atoms with Crippen LogP contribution in [0.2, 0.25) is 0 Å². The molecule has 0 aliphatic heterocycles. The van der Waals surface area contributed by atoms with Crippen LogP contribution in [0.4, 0.5) is 0 Å². The summed E-state index contributed by atoms with van der Waals surface area (Å²) in [4.78, 5) is 0. The Kier molecular flexibility index (Phi) is 1.31. The minimum Gasteiger partial charge on any atom is -0.330 e. The Hall–Kier alpha value is -0.0400. The maximum atomic E-state index is 5.77. The van der Waals surface area contributed by atoms with Crippen LogP contribution in [-0.2, 0) is 0 Å². The first kappa shape index (κ1) is 6.66. The summed E-state index contributed by atoms with van der Waals surface area (Å²) in [6, 6.07) is 0. The number of rotatable bonds is 1. The summed E-state index contributed by atoms with van der Waals surface area (Å²) in [6.45, 7) is 3.32. The number of hydrogen-bond acceptors (Lipinski definition) is 1. The molecule has 58 valence electrons. The third kappa shape index (κ3) is 0.619. The second kappa shape index (κ2) is 1.97. The van der Waals surface area contributed by atoms with Gasteiger partial charge >= 0.3 is 0 Å². The molecule has 1 heteroatoms. The molecule has 3 aliphatic carbocycles. The third-order valence-corrected chi connectivity index (χ3v) is 4.00. The lowest BCUT2D eigenvalue weighted by Crippen LogP contribution is -2.53. The molecule has 0 saturated heterocycles. The average molecular weight is 139 g/mol. The van der Waals surface area contributed by atoms with Crippen LogP contribution in [-0.4, -0.2) is 6.54 Å². The Morgan fingerprint density at radius 1 is 1.60 bits per heavy atom. The Bertz CT molecular complexity index is 140. The van der Waals surface area contributed by atoms with Crippen molar-refractivity contribution in [3.8, 4) is 0 Å². The summed E-state index contributed by atoms with van der Waals surface area (Å²) >= 11 is 0. The van der Waals surface area contributed by atoms with Gasteiger partial charge in [0.25, 0.3) is 0 Å². The smallest absolute Gasteiger partial charge is 0.00178 e. The first-order chi connectivity index (χ1) is 4.78. The Morgan fingerprint density at radius 3 is 2.80 bits per heavy atom. The summed E-state index contributed by atoms with van der Waals surface area (Å²) in [6.07, 6.45) is 5.75. The lowest BCUT2D eigenvalue weighted by atomic mass is 9.48. The van der Waals surface area contributed by atoms with Gasteiger partial charge in [0, 0.05) is 0 Å². The molecule has 0 heterocycles. The number of hydrogen-bond donors (Lipinski definition) is 1. The van der Waals surface area contributed by atoms with Gasteiger partial charge in [-0.1, -0.05) is 19.8 Å². The normalized spacial score (nSPS) is 52.2. The molecule has 0 amide bonds. The largest absolute Gasteiger partial charge is 0.330 e. The second-order valence-electron chi connectivity index (χ2n) is 4.21. The van der Waals surface area contributed by atoms with Gasteiger partial charge in [-0.05, 0) is 36.6 Å². The topological polar surface area (TPSA) is 26.0 Å². The molecule has 0 aromatic carbocycles. The highest BCUT2D eigenvalue weighted by Crippen LogP contribution is 2.59. The highest BCUT2D eigenvalue weighted by atomic mass is 14.7. The molecule has 1 nitrogen and oxygen atoms in total. The summed E-state index contributed by atoms with van der Waals surface area (Å²) < 4.78 is 0. The van der Waals surface area contributed by atoms with Crippen molar-refractivity contribution in [2.24, 2.45) is 23.0 Å². The lowest BCUT2D eigenvalue weighted by molar-refractivity contribution is -0.0722. The van der Waals surface area contributed by atoms with Crippen LogP contribution in [0.15, 0.2) is 0 Å². The van der Waals surface area contributed by atoms with Gasteiger partial charge in [-0.3, -0.25) is 0 Å². The molecule has 0 radical (unpaired) electrons. The highest BCUT2D eigenvalue weighted by Gasteiger charge is 2.51. The van der Waals surface area contributed by atoms with Crippen molar-refractivity contribution in [1.29, 1.82) is 0 Å². The van der Waals surface area contributed by atoms with Crippen molar-refractivity contribution in [3.63, 3.8) is 0 Å². The first-order valence-corrected chi connectivity index (χ1v) is 4.48. The van der Waals surface area contributed by atoms with Crippen LogP contribution in [0.1, 0.15) is 32.6 Å². The van der Waals surface area contributed by atoms with Crippen molar-refractivity contribution < 1.29 is 0 Å². The zero-order chi connectivity index (χ0) is 7.19. The van der Waals surface area contributed by atoms with Gasteiger partial charge in [-0.2, -0.15) is 0 Å². The monoisotopic (exact) mass is 139 g/mol. The third-order valence-electron chi connectivity index (χ3n) is 4.00. The zero-order valence-corrected chi connectivity index (χ0v) is 6.77. The van der Waals surface area contributed by atoms with E-state index in [0.29, 0.717) is 5.41 Å². The SMILES string of the molecule is CC1C2CCCC1(CN)C2. The molecule has 10 heavy (non-hydrogen) atoms. The van der Waals surface area contributed by atoms with Crippen LogP contribution >= 0.6 is 0 Å². The van der Waals surface area contributed by atoms with E-state index < -0.39 is 0 Å². The van der Waals surface area contributed by atoms with Crippen LogP contribution in [0.5, 0.6) is 0 Å². The van der Waals surface area contributed by atoms with Crippen LogP contribution in [0.25, 0.3) is 0 Å². The van der Waals surface area contributed by atoms with E-state index in [9.17, 15) is 0 Å². The maximum absolute atomic E-state index is 5.77. The molecule has 0 spiro atoms. The molecule has 3 aliphatic rings. The molecule has 0 aromatic rings. The zero-order valence-electron chi connectivity index (χ0n) is 6.77. The molecule has 0 aromatic heterocycles. The van der Waals surface area contributed by atoms with Gasteiger partial charge in [0.15, 0.2) is 0 Å². The van der Waals surface area contributed by atoms with E-state index in [1.165, 1.54) is 25.7 Å². The van der Waals surface area contributed by atoms with Crippen molar-refractivity contribution >= 4 is 0 Å². The van der Waals surface area contributed by atoms with E-state index in [0.717, 1.165) is 18.4 Å². The van der Waals surface area contributed by atoms with E-state index >= 15 is 0 Å². The highest BCUT2D eigenvalue weighted by molar-refractivity contribution is 5.02. The number of fused-ring (bicyclic) bond motifs is 2. The predicted octanol–water partition coefficient (Wildman–Crippen LogP) is 1.77. The molecular weight excluding hydrogens is 122 g/mol. The van der Waals surface area contributed by atoms with Crippen LogP contribution in [0.3, 0.4) is 0 Å². The van der Waals surface area contributed by atoms with Gasteiger partial charge in [0.2, 0.25) is 0 Å². The van der Waals surface area contributed by atoms with Gasteiger partial charge in [-0.25, -0.2) is 0 Å². The molecule has 2 N–H and O–H groups in total. The quantitative estimate of drug-likeness (QED) is 0.588. The van der Waals surface area contributed by atoms with Gasteiger partial charge in [-0.15, -0.1) is 0 Å². The molecule has 3 rings (SSSR count). The fourth-order valence-corrected chi connectivity index (χ4v) is 2.99. The molecule has 3 fully saturated rings. The molecule has 3 saturated carbocycles. The summed E-state index contributed by atoms with van der Waals surface area (Å²) in [7, 11) is 0. The summed E-state index contributed by atoms with van der Waals surface area (Å²) in [5.74, 6) is 1.98. The number of nitrogens with two attached hydrogens (primary N) is 1. The lowest BCUT2D eigenvalue weighted by Gasteiger charge is -2.58. The van der Waals surface area contributed by atoms with E-state index in [1.54, 1.807) is 0 Å².